The van der Waals surface area contributed by atoms with Crippen LogP contribution in [0.1, 0.15) is 49.8 Å². The molecule has 4 heteroatoms. The first-order valence-corrected chi connectivity index (χ1v) is 8.76. The standard InChI is InChI=1S/C20H25N3O/c1-19(2)11-15-9-8-14(7-6-13-4-5-13)10-16(15)20(12-19)17(24)23(3)18(21)22-20/h6-10,13H,4-5,11-12H2,1-3H3,(H2,21,22)/b7-6+. The van der Waals surface area contributed by atoms with E-state index in [0.29, 0.717) is 12.4 Å². The topological polar surface area (TPSA) is 58.7 Å². The van der Waals surface area contributed by atoms with Crippen LogP contribution >= 0.6 is 0 Å². The Labute approximate surface area is 143 Å². The van der Waals surface area contributed by atoms with Crippen molar-refractivity contribution in [2.24, 2.45) is 22.1 Å². The third-order valence-electron chi connectivity index (χ3n) is 5.47. The van der Waals surface area contributed by atoms with Gasteiger partial charge in [-0.15, -0.1) is 0 Å². The van der Waals surface area contributed by atoms with Crippen LogP contribution in [0, 0.1) is 11.3 Å². The Balaban J connectivity index is 1.84. The van der Waals surface area contributed by atoms with E-state index in [0.717, 1.165) is 23.5 Å². The summed E-state index contributed by atoms with van der Waals surface area (Å²) in [6.45, 7) is 4.41. The van der Waals surface area contributed by atoms with Crippen molar-refractivity contribution in [2.45, 2.75) is 45.1 Å². The third-order valence-corrected chi connectivity index (χ3v) is 5.47. The number of carbonyl (C=O) groups is 1. The van der Waals surface area contributed by atoms with Crippen LogP contribution in [0.15, 0.2) is 29.3 Å². The summed E-state index contributed by atoms with van der Waals surface area (Å²) in [6.07, 6.45) is 8.71. The van der Waals surface area contributed by atoms with Crippen molar-refractivity contribution in [1.82, 2.24) is 4.90 Å². The second kappa shape index (κ2) is 4.95. The first-order chi connectivity index (χ1) is 11.3. The Bertz CT molecular complexity index is 773. The summed E-state index contributed by atoms with van der Waals surface area (Å²) in [6, 6.07) is 6.47. The van der Waals surface area contributed by atoms with E-state index in [1.54, 1.807) is 7.05 Å². The summed E-state index contributed by atoms with van der Waals surface area (Å²) in [4.78, 5) is 19.2. The Kier molecular flexibility index (Phi) is 3.18. The molecule has 2 N–H and O–H groups in total. The van der Waals surface area contributed by atoms with E-state index in [1.807, 2.05) is 0 Å². The molecule has 1 aromatic rings. The molecule has 1 aliphatic heterocycles. The average Bonchev–Trinajstić information content (AvgIpc) is 3.31. The van der Waals surface area contributed by atoms with E-state index in [-0.39, 0.29) is 11.3 Å². The van der Waals surface area contributed by atoms with Gasteiger partial charge in [-0.25, -0.2) is 4.99 Å². The largest absolute Gasteiger partial charge is 0.369 e. The lowest BCUT2D eigenvalue weighted by Gasteiger charge is -2.41. The molecule has 1 aromatic carbocycles. The van der Waals surface area contributed by atoms with E-state index >= 15 is 0 Å². The monoisotopic (exact) mass is 323 g/mol. The quantitative estimate of drug-likeness (QED) is 0.909. The fourth-order valence-electron chi connectivity index (χ4n) is 4.13. The summed E-state index contributed by atoms with van der Waals surface area (Å²) in [5.74, 6) is 1.06. The van der Waals surface area contributed by atoms with Gasteiger partial charge in [0, 0.05) is 7.05 Å². The van der Waals surface area contributed by atoms with Gasteiger partial charge in [-0.1, -0.05) is 38.1 Å². The zero-order valence-electron chi connectivity index (χ0n) is 14.7. The smallest absolute Gasteiger partial charge is 0.261 e. The minimum absolute atomic E-state index is 0.00246. The van der Waals surface area contributed by atoms with Gasteiger partial charge in [0.15, 0.2) is 11.5 Å². The fourth-order valence-corrected chi connectivity index (χ4v) is 4.13. The molecule has 4 nitrogen and oxygen atoms in total. The molecule has 24 heavy (non-hydrogen) atoms. The van der Waals surface area contributed by atoms with Crippen molar-refractivity contribution < 1.29 is 4.79 Å². The van der Waals surface area contributed by atoms with E-state index < -0.39 is 5.54 Å². The van der Waals surface area contributed by atoms with Crippen LogP contribution in [0.25, 0.3) is 6.08 Å². The lowest BCUT2D eigenvalue weighted by atomic mass is 9.65. The number of likely N-dealkylation sites (N-methyl/N-ethyl adjacent to an activating group) is 1. The van der Waals surface area contributed by atoms with Crippen molar-refractivity contribution in [3.63, 3.8) is 0 Å². The van der Waals surface area contributed by atoms with E-state index in [2.05, 4.69) is 49.2 Å². The van der Waals surface area contributed by atoms with Gasteiger partial charge in [-0.2, -0.15) is 0 Å². The summed E-state index contributed by atoms with van der Waals surface area (Å²) in [5.41, 5.74) is 8.58. The molecule has 126 valence electrons. The second-order valence-corrected chi connectivity index (χ2v) is 8.33. The van der Waals surface area contributed by atoms with Crippen molar-refractivity contribution >= 4 is 17.9 Å². The SMILES string of the molecule is CN1C(=O)C2(CC(C)(C)Cc3ccc(/C=C/C4CC4)cc32)N=C1N. The molecule has 2 aliphatic carbocycles. The number of hydrogen-bond acceptors (Lipinski definition) is 3. The maximum atomic E-state index is 13.0. The Hall–Kier alpha value is -2.10. The van der Waals surface area contributed by atoms with Crippen molar-refractivity contribution in [3.05, 3.63) is 41.0 Å². The van der Waals surface area contributed by atoms with Gasteiger partial charge in [0.05, 0.1) is 0 Å². The Morgan fingerprint density at radius 2 is 2.08 bits per heavy atom. The zero-order chi connectivity index (χ0) is 17.1. The minimum Gasteiger partial charge on any atom is -0.369 e. The highest BCUT2D eigenvalue weighted by Crippen LogP contribution is 2.49. The Morgan fingerprint density at radius 1 is 1.33 bits per heavy atom. The predicted molar refractivity (Wildman–Crippen MR) is 96.4 cm³/mol. The number of hydrogen-bond donors (Lipinski definition) is 1. The molecular formula is C20H25N3O. The molecule has 1 atom stereocenters. The van der Waals surface area contributed by atoms with Gasteiger partial charge in [0.1, 0.15) is 0 Å². The van der Waals surface area contributed by atoms with Crippen LogP contribution in [0.5, 0.6) is 0 Å². The molecule has 0 aromatic heterocycles. The molecule has 1 heterocycles. The number of allylic oxidation sites excluding steroid dienone is 1. The number of amides is 1. The number of fused-ring (bicyclic) bond motifs is 2. The maximum absolute atomic E-state index is 13.0. The maximum Gasteiger partial charge on any atom is 0.261 e. The number of nitrogens with two attached hydrogens (primary N) is 1. The molecule has 4 rings (SSSR count). The number of guanidine groups is 1. The van der Waals surface area contributed by atoms with Gasteiger partial charge >= 0.3 is 0 Å². The second-order valence-electron chi connectivity index (χ2n) is 8.33. The van der Waals surface area contributed by atoms with Crippen LogP contribution in [0.3, 0.4) is 0 Å². The molecule has 1 unspecified atom stereocenters. The van der Waals surface area contributed by atoms with E-state index in [1.165, 1.54) is 23.3 Å². The summed E-state index contributed by atoms with van der Waals surface area (Å²) in [7, 11) is 1.72. The lowest BCUT2D eigenvalue weighted by molar-refractivity contribution is -0.132. The molecular weight excluding hydrogens is 298 g/mol. The van der Waals surface area contributed by atoms with Crippen molar-refractivity contribution in [3.8, 4) is 0 Å². The summed E-state index contributed by atoms with van der Waals surface area (Å²) >= 11 is 0. The molecule has 1 fully saturated rings. The predicted octanol–water partition coefficient (Wildman–Crippen LogP) is 3.06. The molecule has 1 amide bonds. The van der Waals surface area contributed by atoms with Gasteiger partial charge < -0.3 is 5.73 Å². The first kappa shape index (κ1) is 15.4. The summed E-state index contributed by atoms with van der Waals surface area (Å²) in [5, 5.41) is 0. The fraction of sp³-hybridized carbons (Fsp3) is 0.500. The molecule has 1 spiro atoms. The van der Waals surface area contributed by atoms with Crippen LogP contribution in [0.4, 0.5) is 0 Å². The molecule has 1 saturated carbocycles. The number of benzene rings is 1. The number of aliphatic imine (C=N–C) groups is 1. The Morgan fingerprint density at radius 3 is 2.71 bits per heavy atom. The number of nitrogens with zero attached hydrogens (tertiary/aromatic N) is 2. The van der Waals surface area contributed by atoms with Gasteiger partial charge in [-0.3, -0.25) is 9.69 Å². The number of rotatable bonds is 2. The van der Waals surface area contributed by atoms with Crippen molar-refractivity contribution in [1.29, 1.82) is 0 Å². The molecule has 0 radical (unpaired) electrons. The number of carbonyl (C=O) groups excluding carboxylic acids is 1. The zero-order valence-corrected chi connectivity index (χ0v) is 14.7. The highest BCUT2D eigenvalue weighted by molar-refractivity contribution is 6.07. The van der Waals surface area contributed by atoms with Crippen LogP contribution in [-0.2, 0) is 16.8 Å². The lowest BCUT2D eigenvalue weighted by Crippen LogP contribution is -2.46. The van der Waals surface area contributed by atoms with Crippen LogP contribution in [0.2, 0.25) is 0 Å². The molecule has 0 saturated heterocycles. The van der Waals surface area contributed by atoms with Crippen LogP contribution in [-0.4, -0.2) is 23.8 Å². The molecule has 3 aliphatic rings. The third kappa shape index (κ3) is 2.36. The highest BCUT2D eigenvalue weighted by atomic mass is 16.2. The van der Waals surface area contributed by atoms with Gasteiger partial charge in [-0.05, 0) is 59.8 Å². The van der Waals surface area contributed by atoms with Gasteiger partial charge in [0.2, 0.25) is 0 Å². The van der Waals surface area contributed by atoms with E-state index in [9.17, 15) is 4.79 Å². The minimum atomic E-state index is -0.848. The van der Waals surface area contributed by atoms with Crippen molar-refractivity contribution in [2.75, 3.05) is 7.05 Å². The summed E-state index contributed by atoms with van der Waals surface area (Å²) < 4.78 is 0. The average molecular weight is 323 g/mol. The normalized spacial score (nSPS) is 28.5. The van der Waals surface area contributed by atoms with Crippen LogP contribution < -0.4 is 5.73 Å². The molecule has 0 bridgehead atoms. The first-order valence-electron chi connectivity index (χ1n) is 8.76. The van der Waals surface area contributed by atoms with E-state index in [4.69, 9.17) is 5.73 Å². The highest BCUT2D eigenvalue weighted by Gasteiger charge is 2.54. The van der Waals surface area contributed by atoms with Gasteiger partial charge in [0.25, 0.3) is 5.91 Å².